The molecule has 6 nitrogen and oxygen atoms in total. The molecule has 6 heteroatoms. The minimum atomic E-state index is -0.0312. The van der Waals surface area contributed by atoms with Gasteiger partial charge in [-0.15, -0.1) is 0 Å². The van der Waals surface area contributed by atoms with Crippen molar-refractivity contribution >= 4 is 17.5 Å². The Kier molecular flexibility index (Phi) is 8.87. The van der Waals surface area contributed by atoms with Gasteiger partial charge in [0.05, 0.1) is 12.5 Å². The highest BCUT2D eigenvalue weighted by molar-refractivity contribution is 5.94. The maximum Gasteiger partial charge on any atom is 0.253 e. The fourth-order valence-corrected chi connectivity index (χ4v) is 4.83. The van der Waals surface area contributed by atoms with Gasteiger partial charge in [0.1, 0.15) is 0 Å². The van der Waals surface area contributed by atoms with Crippen molar-refractivity contribution < 1.29 is 9.59 Å². The molecule has 1 saturated heterocycles. The van der Waals surface area contributed by atoms with Gasteiger partial charge in [-0.3, -0.25) is 14.5 Å². The molecule has 0 aliphatic carbocycles. The third kappa shape index (κ3) is 6.39. The summed E-state index contributed by atoms with van der Waals surface area (Å²) in [5.74, 6) is 0.0322. The topological polar surface area (TPSA) is 64.7 Å². The first-order valence-electron chi connectivity index (χ1n) is 12.9. The molecule has 0 saturated carbocycles. The predicted octanol–water partition coefficient (Wildman–Crippen LogP) is 4.34. The van der Waals surface area contributed by atoms with Gasteiger partial charge in [-0.1, -0.05) is 54.6 Å². The summed E-state index contributed by atoms with van der Waals surface area (Å²) in [4.78, 5) is 29.8. The zero-order chi connectivity index (χ0) is 25.3. The van der Waals surface area contributed by atoms with Gasteiger partial charge in [0.15, 0.2) is 0 Å². The zero-order valence-corrected chi connectivity index (χ0v) is 21.2. The van der Waals surface area contributed by atoms with Crippen LogP contribution < -0.4 is 10.6 Å². The number of anilines is 1. The van der Waals surface area contributed by atoms with Crippen molar-refractivity contribution in [1.29, 1.82) is 0 Å². The molecule has 2 N–H and O–H groups in total. The Morgan fingerprint density at radius 1 is 0.889 bits per heavy atom. The molecule has 3 aromatic rings. The fraction of sp³-hybridized carbons (Fsp3) is 0.333. The summed E-state index contributed by atoms with van der Waals surface area (Å²) in [7, 11) is 0. The van der Waals surface area contributed by atoms with E-state index < -0.39 is 0 Å². The van der Waals surface area contributed by atoms with Crippen molar-refractivity contribution in [3.8, 4) is 0 Å². The standard InChI is InChI=1S/C30H36N4O2/c1-3-33(4-2)30(36)25-15-13-24(14-16-25)29(34-19-17-31-18-20-34)26-11-8-12-27(22-26)32-28(35)21-23-9-6-5-7-10-23/h5-16,22,29,31H,3-4,17-21H2,1-2H3,(H,32,35)/t29-/m1/s1. The van der Waals surface area contributed by atoms with E-state index in [9.17, 15) is 9.59 Å². The Labute approximate surface area is 214 Å². The van der Waals surface area contributed by atoms with Crippen LogP contribution in [0, 0.1) is 0 Å². The molecule has 1 aliphatic rings. The lowest BCUT2D eigenvalue weighted by atomic mass is 9.95. The number of benzene rings is 3. The van der Waals surface area contributed by atoms with Crippen LogP contribution in [0.1, 0.15) is 46.9 Å². The minimum Gasteiger partial charge on any atom is -0.339 e. The highest BCUT2D eigenvalue weighted by atomic mass is 16.2. The van der Waals surface area contributed by atoms with E-state index in [4.69, 9.17) is 0 Å². The van der Waals surface area contributed by atoms with Crippen molar-refractivity contribution in [2.24, 2.45) is 0 Å². The maximum atomic E-state index is 12.8. The highest BCUT2D eigenvalue weighted by Crippen LogP contribution is 2.31. The molecule has 1 fully saturated rings. The van der Waals surface area contributed by atoms with E-state index >= 15 is 0 Å². The fourth-order valence-electron chi connectivity index (χ4n) is 4.83. The molecule has 0 radical (unpaired) electrons. The van der Waals surface area contributed by atoms with E-state index in [1.54, 1.807) is 0 Å². The van der Waals surface area contributed by atoms with Crippen LogP contribution in [0.5, 0.6) is 0 Å². The molecular weight excluding hydrogens is 448 g/mol. The van der Waals surface area contributed by atoms with Crippen molar-refractivity contribution in [2.45, 2.75) is 26.3 Å². The lowest BCUT2D eigenvalue weighted by Gasteiger charge is -2.36. The summed E-state index contributed by atoms with van der Waals surface area (Å²) >= 11 is 0. The first-order chi connectivity index (χ1) is 17.6. The Balaban J connectivity index is 1.57. The van der Waals surface area contributed by atoms with Crippen LogP contribution in [-0.2, 0) is 11.2 Å². The van der Waals surface area contributed by atoms with Gasteiger partial charge in [0.25, 0.3) is 5.91 Å². The van der Waals surface area contributed by atoms with E-state index in [2.05, 4.69) is 39.8 Å². The molecule has 36 heavy (non-hydrogen) atoms. The van der Waals surface area contributed by atoms with E-state index in [1.165, 1.54) is 0 Å². The molecule has 3 aromatic carbocycles. The lowest BCUT2D eigenvalue weighted by molar-refractivity contribution is -0.115. The molecule has 1 heterocycles. The number of amides is 2. The van der Waals surface area contributed by atoms with Crippen molar-refractivity contribution in [2.75, 3.05) is 44.6 Å². The largest absolute Gasteiger partial charge is 0.339 e. The number of carbonyl (C=O) groups is 2. The molecule has 0 unspecified atom stereocenters. The van der Waals surface area contributed by atoms with Crippen LogP contribution in [0.25, 0.3) is 0 Å². The zero-order valence-electron chi connectivity index (χ0n) is 21.2. The summed E-state index contributed by atoms with van der Waals surface area (Å²) in [6.45, 7) is 9.12. The Morgan fingerprint density at radius 2 is 1.58 bits per heavy atom. The molecule has 188 valence electrons. The first kappa shape index (κ1) is 25.6. The van der Waals surface area contributed by atoms with Crippen molar-refractivity contribution in [3.63, 3.8) is 0 Å². The Bertz CT molecular complexity index is 1140. The number of rotatable bonds is 9. The second-order valence-corrected chi connectivity index (χ2v) is 9.12. The van der Waals surface area contributed by atoms with Gasteiger partial charge in [0, 0.05) is 50.5 Å². The van der Waals surface area contributed by atoms with E-state index in [1.807, 2.05) is 73.3 Å². The maximum absolute atomic E-state index is 12.8. The van der Waals surface area contributed by atoms with Crippen molar-refractivity contribution in [1.82, 2.24) is 15.1 Å². The summed E-state index contributed by atoms with van der Waals surface area (Å²) in [6.07, 6.45) is 0.342. The SMILES string of the molecule is CCN(CC)C(=O)c1ccc([C@H](c2cccc(NC(=O)Cc3ccccc3)c2)N2CCNCC2)cc1. The van der Waals surface area contributed by atoms with Crippen LogP contribution in [0.2, 0.25) is 0 Å². The molecule has 2 amide bonds. The van der Waals surface area contributed by atoms with E-state index in [0.717, 1.165) is 48.6 Å². The molecule has 0 spiro atoms. The molecule has 4 rings (SSSR count). The molecule has 0 aromatic heterocycles. The second-order valence-electron chi connectivity index (χ2n) is 9.12. The first-order valence-corrected chi connectivity index (χ1v) is 12.9. The van der Waals surface area contributed by atoms with Crippen LogP contribution in [0.15, 0.2) is 78.9 Å². The van der Waals surface area contributed by atoms with Gasteiger partial charge < -0.3 is 15.5 Å². The van der Waals surface area contributed by atoms with Crippen molar-refractivity contribution in [3.05, 3.63) is 101 Å². The van der Waals surface area contributed by atoms with Gasteiger partial charge in [-0.25, -0.2) is 0 Å². The highest BCUT2D eigenvalue weighted by Gasteiger charge is 2.25. The van der Waals surface area contributed by atoms with E-state index in [-0.39, 0.29) is 17.9 Å². The van der Waals surface area contributed by atoms with E-state index in [0.29, 0.717) is 25.1 Å². The van der Waals surface area contributed by atoms with Crippen LogP contribution >= 0.6 is 0 Å². The van der Waals surface area contributed by atoms with Gasteiger partial charge >= 0.3 is 0 Å². The Morgan fingerprint density at radius 3 is 2.25 bits per heavy atom. The van der Waals surface area contributed by atoms with Gasteiger partial charge in [0.2, 0.25) is 5.91 Å². The quantitative estimate of drug-likeness (QED) is 0.474. The second kappa shape index (κ2) is 12.5. The molecule has 0 bridgehead atoms. The number of hydrogen-bond donors (Lipinski definition) is 2. The van der Waals surface area contributed by atoms with Crippen LogP contribution in [0.3, 0.4) is 0 Å². The smallest absolute Gasteiger partial charge is 0.253 e. The Hall–Kier alpha value is -3.48. The summed E-state index contributed by atoms with van der Waals surface area (Å²) < 4.78 is 0. The minimum absolute atomic E-state index is 0.0312. The number of hydrogen-bond acceptors (Lipinski definition) is 4. The normalized spacial score (nSPS) is 14.7. The molecule has 1 atom stereocenters. The number of nitrogens with zero attached hydrogens (tertiary/aromatic N) is 2. The monoisotopic (exact) mass is 484 g/mol. The summed E-state index contributed by atoms with van der Waals surface area (Å²) in [5.41, 5.74) is 4.76. The number of carbonyl (C=O) groups excluding carboxylic acids is 2. The summed E-state index contributed by atoms with van der Waals surface area (Å²) in [6, 6.07) is 26.0. The number of nitrogens with one attached hydrogen (secondary N) is 2. The average molecular weight is 485 g/mol. The predicted molar refractivity (Wildman–Crippen MR) is 145 cm³/mol. The third-order valence-electron chi connectivity index (χ3n) is 6.73. The lowest BCUT2D eigenvalue weighted by Crippen LogP contribution is -2.45. The van der Waals surface area contributed by atoms with Gasteiger partial charge in [-0.05, 0) is 54.8 Å². The van der Waals surface area contributed by atoms with Gasteiger partial charge in [-0.2, -0.15) is 0 Å². The summed E-state index contributed by atoms with van der Waals surface area (Å²) in [5, 5.41) is 6.50. The molecule has 1 aliphatic heterocycles. The van der Waals surface area contributed by atoms with Crippen LogP contribution in [-0.4, -0.2) is 60.9 Å². The molecular formula is C30H36N4O2. The third-order valence-corrected chi connectivity index (χ3v) is 6.73. The van der Waals surface area contributed by atoms with Crippen LogP contribution in [0.4, 0.5) is 5.69 Å². The number of piperazine rings is 1. The average Bonchev–Trinajstić information content (AvgIpc) is 2.91.